The molecule has 142 valence electrons. The molecular weight excluding hydrogens is 360 g/mol. The van der Waals surface area contributed by atoms with Gasteiger partial charge in [0.05, 0.1) is 35.2 Å². The van der Waals surface area contributed by atoms with Crippen LogP contribution in [0, 0.1) is 12.8 Å². The highest BCUT2D eigenvalue weighted by Crippen LogP contribution is 2.27. The molecule has 2 unspecified atom stereocenters. The summed E-state index contributed by atoms with van der Waals surface area (Å²) >= 11 is 0. The predicted molar refractivity (Wildman–Crippen MR) is 106 cm³/mol. The minimum atomic E-state index is -2.92. The number of aliphatic hydroxyl groups is 1. The van der Waals surface area contributed by atoms with Crippen molar-refractivity contribution in [2.75, 3.05) is 11.5 Å². The molecule has 3 aromatic rings. The van der Waals surface area contributed by atoms with Crippen LogP contribution in [0.1, 0.15) is 29.5 Å². The Kier molecular flexibility index (Phi) is 4.78. The van der Waals surface area contributed by atoms with Gasteiger partial charge in [-0.1, -0.05) is 42.0 Å². The van der Waals surface area contributed by atoms with Gasteiger partial charge in [-0.25, -0.2) is 13.4 Å². The van der Waals surface area contributed by atoms with E-state index in [1.54, 1.807) is 0 Å². The van der Waals surface area contributed by atoms with Crippen molar-refractivity contribution in [3.63, 3.8) is 0 Å². The molecule has 1 aromatic heterocycles. The molecule has 0 saturated carbocycles. The van der Waals surface area contributed by atoms with E-state index in [9.17, 15) is 13.5 Å². The Balaban J connectivity index is 1.64. The van der Waals surface area contributed by atoms with Crippen molar-refractivity contribution in [3.05, 3.63) is 65.5 Å². The number of hydrogen-bond donors (Lipinski definition) is 1. The summed E-state index contributed by atoms with van der Waals surface area (Å²) < 4.78 is 25.7. The third kappa shape index (κ3) is 3.92. The smallest absolute Gasteiger partial charge is 0.150 e. The van der Waals surface area contributed by atoms with Gasteiger partial charge >= 0.3 is 0 Å². The topological polar surface area (TPSA) is 72.2 Å². The van der Waals surface area contributed by atoms with Crippen LogP contribution < -0.4 is 0 Å². The van der Waals surface area contributed by atoms with Gasteiger partial charge in [0.25, 0.3) is 0 Å². The second kappa shape index (κ2) is 7.09. The van der Waals surface area contributed by atoms with Crippen molar-refractivity contribution in [2.45, 2.75) is 32.4 Å². The third-order valence-corrected chi connectivity index (χ3v) is 7.19. The second-order valence-electron chi connectivity index (χ2n) is 7.53. The van der Waals surface area contributed by atoms with E-state index in [1.807, 2.05) is 60.0 Å². The number of aliphatic hydroxyl groups excluding tert-OH is 1. The molecule has 1 aliphatic rings. The van der Waals surface area contributed by atoms with Gasteiger partial charge in [0, 0.05) is 6.42 Å². The first-order valence-electron chi connectivity index (χ1n) is 9.30. The molecule has 6 heteroatoms. The minimum absolute atomic E-state index is 0.0991. The molecule has 2 heterocycles. The molecule has 27 heavy (non-hydrogen) atoms. The van der Waals surface area contributed by atoms with Crippen LogP contribution >= 0.6 is 0 Å². The normalized spacial score (nSPS) is 20.1. The van der Waals surface area contributed by atoms with Gasteiger partial charge < -0.3 is 9.67 Å². The number of fused-ring (bicyclic) bond motifs is 1. The molecule has 2 atom stereocenters. The lowest BCUT2D eigenvalue weighted by molar-refractivity contribution is 0.156. The van der Waals surface area contributed by atoms with Crippen molar-refractivity contribution in [1.82, 2.24) is 9.55 Å². The number of nitrogens with zero attached hydrogens (tertiary/aromatic N) is 2. The zero-order valence-electron chi connectivity index (χ0n) is 15.4. The summed E-state index contributed by atoms with van der Waals surface area (Å²) in [5, 5.41) is 10.8. The lowest BCUT2D eigenvalue weighted by Gasteiger charge is -2.16. The van der Waals surface area contributed by atoms with Crippen LogP contribution in [0.5, 0.6) is 0 Å². The third-order valence-electron chi connectivity index (χ3n) is 5.35. The van der Waals surface area contributed by atoms with Gasteiger partial charge in [-0.15, -0.1) is 0 Å². The van der Waals surface area contributed by atoms with Crippen molar-refractivity contribution in [2.24, 2.45) is 5.92 Å². The zero-order valence-corrected chi connectivity index (χ0v) is 16.2. The molecule has 5 nitrogen and oxygen atoms in total. The molecular formula is C21H24N2O3S. The Bertz CT molecular complexity index is 1050. The van der Waals surface area contributed by atoms with Crippen molar-refractivity contribution < 1.29 is 13.5 Å². The monoisotopic (exact) mass is 384 g/mol. The summed E-state index contributed by atoms with van der Waals surface area (Å²) in [6, 6.07) is 15.7. The Morgan fingerprint density at radius 2 is 1.93 bits per heavy atom. The van der Waals surface area contributed by atoms with Gasteiger partial charge in [-0.3, -0.25) is 0 Å². The van der Waals surface area contributed by atoms with Crippen LogP contribution in [0.4, 0.5) is 0 Å². The Morgan fingerprint density at radius 1 is 1.19 bits per heavy atom. The van der Waals surface area contributed by atoms with E-state index < -0.39 is 15.9 Å². The fourth-order valence-electron chi connectivity index (χ4n) is 3.84. The number of para-hydroxylation sites is 2. The summed E-state index contributed by atoms with van der Waals surface area (Å²) in [6.07, 6.45) is 0.662. The SMILES string of the molecule is Cc1ccc(C(O)Cn2c(CC3CCS(=O)(=O)C3)nc3ccccc32)cc1. The van der Waals surface area contributed by atoms with E-state index in [1.165, 1.54) is 0 Å². The van der Waals surface area contributed by atoms with E-state index in [2.05, 4.69) is 0 Å². The maximum Gasteiger partial charge on any atom is 0.150 e. The van der Waals surface area contributed by atoms with Gasteiger partial charge in [0.15, 0.2) is 9.84 Å². The highest BCUT2D eigenvalue weighted by molar-refractivity contribution is 7.91. The zero-order chi connectivity index (χ0) is 19.0. The van der Waals surface area contributed by atoms with Crippen LogP contribution in [0.3, 0.4) is 0 Å². The Labute approximate surface area is 159 Å². The van der Waals surface area contributed by atoms with Crippen molar-refractivity contribution >= 4 is 20.9 Å². The summed E-state index contributed by atoms with van der Waals surface area (Å²) in [4.78, 5) is 4.74. The van der Waals surface area contributed by atoms with E-state index in [0.717, 1.165) is 28.0 Å². The second-order valence-corrected chi connectivity index (χ2v) is 9.76. The van der Waals surface area contributed by atoms with Crippen molar-refractivity contribution in [3.8, 4) is 0 Å². The molecule has 0 amide bonds. The molecule has 0 aliphatic carbocycles. The number of aryl methyl sites for hydroxylation is 1. The minimum Gasteiger partial charge on any atom is -0.387 e. The number of aromatic nitrogens is 2. The largest absolute Gasteiger partial charge is 0.387 e. The number of sulfone groups is 1. The van der Waals surface area contributed by atoms with Crippen LogP contribution in [0.15, 0.2) is 48.5 Å². The van der Waals surface area contributed by atoms with Gasteiger partial charge in [-0.2, -0.15) is 0 Å². The van der Waals surface area contributed by atoms with Crippen LogP contribution in [-0.4, -0.2) is 34.6 Å². The fourth-order valence-corrected chi connectivity index (χ4v) is 5.70. The first kappa shape index (κ1) is 18.2. The fraction of sp³-hybridized carbons (Fsp3) is 0.381. The first-order chi connectivity index (χ1) is 12.9. The maximum atomic E-state index is 11.8. The highest BCUT2D eigenvalue weighted by atomic mass is 32.2. The lowest BCUT2D eigenvalue weighted by Crippen LogP contribution is -2.15. The average Bonchev–Trinajstić information content (AvgIpc) is 3.15. The number of benzene rings is 2. The number of hydrogen-bond acceptors (Lipinski definition) is 4. The number of rotatable bonds is 5. The standard InChI is InChI=1S/C21H24N2O3S/c1-15-6-8-17(9-7-15)20(24)13-23-19-5-3-2-4-18(19)22-21(23)12-16-10-11-27(25,26)14-16/h2-9,16,20,24H,10-14H2,1H3. The van der Waals surface area contributed by atoms with E-state index >= 15 is 0 Å². The molecule has 0 bridgehead atoms. The van der Waals surface area contributed by atoms with Crippen molar-refractivity contribution in [1.29, 1.82) is 0 Å². The molecule has 1 aliphatic heterocycles. The summed E-state index contributed by atoms with van der Waals surface area (Å²) in [7, 11) is -2.92. The summed E-state index contributed by atoms with van der Waals surface area (Å²) in [5.74, 6) is 1.45. The van der Waals surface area contributed by atoms with Gasteiger partial charge in [0.2, 0.25) is 0 Å². The summed E-state index contributed by atoms with van der Waals surface area (Å²) in [5.41, 5.74) is 3.87. The molecule has 1 saturated heterocycles. The van der Waals surface area contributed by atoms with E-state index in [4.69, 9.17) is 4.98 Å². The first-order valence-corrected chi connectivity index (χ1v) is 11.1. The van der Waals surface area contributed by atoms with Crippen LogP contribution in [-0.2, 0) is 22.8 Å². The molecule has 0 radical (unpaired) electrons. The summed E-state index contributed by atoms with van der Waals surface area (Å²) in [6.45, 7) is 2.42. The van der Waals surface area contributed by atoms with E-state index in [-0.39, 0.29) is 17.4 Å². The number of imidazole rings is 1. The molecule has 4 rings (SSSR count). The average molecular weight is 385 g/mol. The molecule has 0 spiro atoms. The Hall–Kier alpha value is -2.18. The Morgan fingerprint density at radius 3 is 2.63 bits per heavy atom. The van der Waals surface area contributed by atoms with E-state index in [0.29, 0.717) is 19.4 Å². The van der Waals surface area contributed by atoms with Crippen LogP contribution in [0.25, 0.3) is 11.0 Å². The van der Waals surface area contributed by atoms with Gasteiger partial charge in [-0.05, 0) is 37.0 Å². The molecule has 1 fully saturated rings. The quantitative estimate of drug-likeness (QED) is 0.734. The van der Waals surface area contributed by atoms with Gasteiger partial charge in [0.1, 0.15) is 5.82 Å². The maximum absolute atomic E-state index is 11.8. The van der Waals surface area contributed by atoms with Crippen LogP contribution in [0.2, 0.25) is 0 Å². The highest BCUT2D eigenvalue weighted by Gasteiger charge is 2.29. The molecule has 1 N–H and O–H groups in total. The lowest BCUT2D eigenvalue weighted by atomic mass is 10.0. The predicted octanol–water partition coefficient (Wildman–Crippen LogP) is 3.06. The molecule has 2 aromatic carbocycles.